The van der Waals surface area contributed by atoms with Crippen molar-refractivity contribution in [3.63, 3.8) is 0 Å². The van der Waals surface area contributed by atoms with Crippen LogP contribution < -0.4 is 0 Å². The molecule has 0 saturated carbocycles. The normalized spacial score (nSPS) is 14.8. The van der Waals surface area contributed by atoms with Crippen LogP contribution in [0.3, 0.4) is 0 Å². The highest BCUT2D eigenvalue weighted by Gasteiger charge is 2.05. The zero-order valence-electron chi connectivity index (χ0n) is 7.75. The third-order valence-electron chi connectivity index (χ3n) is 2.27. The van der Waals surface area contributed by atoms with Gasteiger partial charge in [0.05, 0.1) is 0 Å². The van der Waals surface area contributed by atoms with Gasteiger partial charge in [0.1, 0.15) is 0 Å². The van der Waals surface area contributed by atoms with Crippen LogP contribution in [0.2, 0.25) is 0 Å². The molecule has 0 nitrogen and oxygen atoms in total. The molecular weight excluding hydrogens is 156 g/mol. The summed E-state index contributed by atoms with van der Waals surface area (Å²) in [6.07, 6.45) is 6.18. The Morgan fingerprint density at radius 1 is 1.08 bits per heavy atom. The molecule has 0 amide bonds. The molecule has 0 heteroatoms. The third kappa shape index (κ3) is 1.48. The summed E-state index contributed by atoms with van der Waals surface area (Å²) in [5, 5.41) is 0. The Morgan fingerprint density at radius 3 is 2.31 bits per heavy atom. The minimum Gasteiger partial charge on any atom is -0.0911 e. The molecule has 0 unspecified atom stereocenters. The van der Waals surface area contributed by atoms with Crippen LogP contribution in [-0.2, 0) is 0 Å². The smallest absolute Gasteiger partial charge is 0.0117 e. The van der Waals surface area contributed by atoms with Crippen molar-refractivity contribution in [1.29, 1.82) is 0 Å². The van der Waals surface area contributed by atoms with E-state index in [2.05, 4.69) is 43.8 Å². The number of hydrogen-bond donors (Lipinski definition) is 0. The van der Waals surface area contributed by atoms with E-state index in [-0.39, 0.29) is 0 Å². The molecular formula is C13H12. The molecule has 1 aliphatic rings. The van der Waals surface area contributed by atoms with E-state index in [0.717, 1.165) is 5.57 Å². The fourth-order valence-corrected chi connectivity index (χ4v) is 1.47. The average molecular weight is 168 g/mol. The molecule has 0 bridgehead atoms. The lowest BCUT2D eigenvalue weighted by Crippen LogP contribution is -1.83. The maximum atomic E-state index is 3.98. The average Bonchev–Trinajstić information content (AvgIpc) is 2.53. The SMILES string of the molecule is C=C1C=CC=C1c1ccc(C)cc1. The lowest BCUT2D eigenvalue weighted by Gasteiger charge is -2.03. The topological polar surface area (TPSA) is 0 Å². The maximum absolute atomic E-state index is 3.98. The monoisotopic (exact) mass is 168 g/mol. The predicted molar refractivity (Wildman–Crippen MR) is 57.4 cm³/mol. The van der Waals surface area contributed by atoms with Gasteiger partial charge in [0.25, 0.3) is 0 Å². The minimum absolute atomic E-state index is 1.10. The van der Waals surface area contributed by atoms with Gasteiger partial charge < -0.3 is 0 Å². The second-order valence-corrected chi connectivity index (χ2v) is 3.33. The molecule has 0 aromatic heterocycles. The zero-order chi connectivity index (χ0) is 9.26. The number of allylic oxidation sites excluding steroid dienone is 5. The number of aryl methyl sites for hydroxylation is 1. The zero-order valence-corrected chi connectivity index (χ0v) is 7.75. The van der Waals surface area contributed by atoms with Gasteiger partial charge in [-0.25, -0.2) is 0 Å². The summed E-state index contributed by atoms with van der Waals surface area (Å²) >= 11 is 0. The van der Waals surface area contributed by atoms with Gasteiger partial charge in [-0.2, -0.15) is 0 Å². The summed E-state index contributed by atoms with van der Waals surface area (Å²) in [5.41, 5.74) is 4.88. The molecule has 0 atom stereocenters. The Kier molecular flexibility index (Phi) is 1.90. The number of hydrogen-bond acceptors (Lipinski definition) is 0. The van der Waals surface area contributed by atoms with Gasteiger partial charge in [0.2, 0.25) is 0 Å². The summed E-state index contributed by atoms with van der Waals surface area (Å²) in [5.74, 6) is 0. The van der Waals surface area contributed by atoms with Crippen molar-refractivity contribution < 1.29 is 0 Å². The molecule has 1 aliphatic carbocycles. The van der Waals surface area contributed by atoms with Crippen molar-refractivity contribution in [1.82, 2.24) is 0 Å². The lowest BCUT2D eigenvalue weighted by atomic mass is 10.0. The van der Waals surface area contributed by atoms with E-state index >= 15 is 0 Å². The lowest BCUT2D eigenvalue weighted by molar-refractivity contribution is 1.45. The molecule has 0 aliphatic heterocycles. The highest BCUT2D eigenvalue weighted by Crippen LogP contribution is 2.26. The van der Waals surface area contributed by atoms with E-state index in [1.807, 2.05) is 12.2 Å². The number of rotatable bonds is 1. The Balaban J connectivity index is 2.38. The summed E-state index contributed by atoms with van der Waals surface area (Å²) in [6.45, 7) is 6.08. The highest BCUT2D eigenvalue weighted by atomic mass is 14.1. The molecule has 0 fully saturated rings. The van der Waals surface area contributed by atoms with Crippen LogP contribution in [0, 0.1) is 6.92 Å². The van der Waals surface area contributed by atoms with Gasteiger partial charge in [-0.05, 0) is 23.6 Å². The van der Waals surface area contributed by atoms with Crippen LogP contribution >= 0.6 is 0 Å². The fourth-order valence-electron chi connectivity index (χ4n) is 1.47. The predicted octanol–water partition coefficient (Wildman–Crippen LogP) is 3.50. The van der Waals surface area contributed by atoms with E-state index in [1.54, 1.807) is 0 Å². The molecule has 13 heavy (non-hydrogen) atoms. The summed E-state index contributed by atoms with van der Waals surface area (Å²) in [4.78, 5) is 0. The second-order valence-electron chi connectivity index (χ2n) is 3.33. The van der Waals surface area contributed by atoms with Crippen molar-refractivity contribution >= 4 is 5.57 Å². The highest BCUT2D eigenvalue weighted by molar-refractivity contribution is 5.85. The molecule has 2 rings (SSSR count). The van der Waals surface area contributed by atoms with E-state index in [4.69, 9.17) is 0 Å². The quantitative estimate of drug-likeness (QED) is 0.602. The Labute approximate surface area is 78.9 Å². The standard InChI is InChI=1S/C13H12/c1-10-6-8-12(9-7-10)13-5-3-4-11(13)2/h3-9H,2H2,1H3. The van der Waals surface area contributed by atoms with Gasteiger partial charge in [-0.3, -0.25) is 0 Å². The second kappa shape index (κ2) is 3.06. The van der Waals surface area contributed by atoms with Crippen molar-refractivity contribution in [2.45, 2.75) is 6.92 Å². The van der Waals surface area contributed by atoms with Gasteiger partial charge in [-0.15, -0.1) is 0 Å². The van der Waals surface area contributed by atoms with Crippen LogP contribution in [0.1, 0.15) is 11.1 Å². The molecule has 0 heterocycles. The van der Waals surface area contributed by atoms with Gasteiger partial charge in [-0.1, -0.05) is 54.6 Å². The van der Waals surface area contributed by atoms with Crippen LogP contribution in [0.15, 0.2) is 54.6 Å². The summed E-state index contributed by atoms with van der Waals surface area (Å²) in [6, 6.07) is 8.53. The summed E-state index contributed by atoms with van der Waals surface area (Å²) < 4.78 is 0. The van der Waals surface area contributed by atoms with Crippen molar-refractivity contribution in [3.8, 4) is 0 Å². The molecule has 0 N–H and O–H groups in total. The Morgan fingerprint density at radius 2 is 1.77 bits per heavy atom. The Bertz CT molecular complexity index is 389. The van der Waals surface area contributed by atoms with E-state index in [0.29, 0.717) is 0 Å². The third-order valence-corrected chi connectivity index (χ3v) is 2.27. The van der Waals surface area contributed by atoms with Gasteiger partial charge >= 0.3 is 0 Å². The maximum Gasteiger partial charge on any atom is -0.0117 e. The Hall–Kier alpha value is -1.56. The molecule has 0 spiro atoms. The van der Waals surface area contributed by atoms with Gasteiger partial charge in [0, 0.05) is 0 Å². The van der Waals surface area contributed by atoms with Crippen LogP contribution in [0.4, 0.5) is 0 Å². The van der Waals surface area contributed by atoms with Crippen molar-refractivity contribution in [2.24, 2.45) is 0 Å². The first-order valence-electron chi connectivity index (χ1n) is 4.42. The molecule has 1 aromatic rings. The fraction of sp³-hybridized carbons (Fsp3) is 0.0769. The molecule has 0 saturated heterocycles. The first-order chi connectivity index (χ1) is 6.27. The van der Waals surface area contributed by atoms with Crippen molar-refractivity contribution in [3.05, 3.63) is 65.8 Å². The largest absolute Gasteiger partial charge is 0.0911 e. The minimum atomic E-state index is 1.10. The van der Waals surface area contributed by atoms with E-state index in [1.165, 1.54) is 16.7 Å². The molecule has 1 aromatic carbocycles. The van der Waals surface area contributed by atoms with Crippen LogP contribution in [-0.4, -0.2) is 0 Å². The van der Waals surface area contributed by atoms with E-state index < -0.39 is 0 Å². The van der Waals surface area contributed by atoms with Crippen molar-refractivity contribution in [2.75, 3.05) is 0 Å². The molecule has 0 radical (unpaired) electrons. The van der Waals surface area contributed by atoms with Crippen LogP contribution in [0.5, 0.6) is 0 Å². The van der Waals surface area contributed by atoms with E-state index in [9.17, 15) is 0 Å². The summed E-state index contributed by atoms with van der Waals surface area (Å²) in [7, 11) is 0. The first-order valence-corrected chi connectivity index (χ1v) is 4.42. The number of benzene rings is 1. The van der Waals surface area contributed by atoms with Crippen LogP contribution in [0.25, 0.3) is 5.57 Å². The first kappa shape index (κ1) is 8.06. The molecule has 64 valence electrons. The van der Waals surface area contributed by atoms with Gasteiger partial charge in [0.15, 0.2) is 0 Å².